The fourth-order valence-electron chi connectivity index (χ4n) is 4.52. The number of hydrogen-bond acceptors (Lipinski definition) is 5. The monoisotopic (exact) mass is 390 g/mol. The third kappa shape index (κ3) is 3.13. The second-order valence-corrected chi connectivity index (χ2v) is 7.70. The minimum atomic E-state index is -1.06. The zero-order valence-corrected chi connectivity index (χ0v) is 15.8. The number of nitrogen functional groups attached to an aromatic ring is 1. The largest absolute Gasteiger partial charge is 0.477 e. The summed E-state index contributed by atoms with van der Waals surface area (Å²) in [5.41, 5.74) is 7.43. The molecule has 0 radical (unpaired) electrons. The maximum Gasteiger partial charge on any atom is 0.341 e. The van der Waals surface area contributed by atoms with Crippen molar-refractivity contribution in [1.29, 1.82) is 0 Å². The van der Waals surface area contributed by atoms with Crippen LogP contribution in [0.1, 0.15) is 29.2 Å². The number of ether oxygens (including phenoxy) is 1. The molecule has 1 saturated carbocycles. The summed E-state index contributed by atoms with van der Waals surface area (Å²) in [4.78, 5) is 11.9. The molecule has 2 bridgehead atoms. The summed E-state index contributed by atoms with van der Waals surface area (Å²) in [7, 11) is 0. The predicted molar refractivity (Wildman–Crippen MR) is 109 cm³/mol. The SMILES string of the molecule is Nc1c(C(=O)O)c(-c2ccc(Oc3ccccc3)cc2)nn1C1CC2CC1CN2. The Morgan fingerprint density at radius 3 is 2.45 bits per heavy atom. The van der Waals surface area contributed by atoms with Crippen LogP contribution in [0.15, 0.2) is 54.6 Å². The van der Waals surface area contributed by atoms with Gasteiger partial charge >= 0.3 is 5.97 Å². The molecule has 2 fully saturated rings. The van der Waals surface area contributed by atoms with E-state index in [1.54, 1.807) is 4.68 Å². The van der Waals surface area contributed by atoms with Crippen LogP contribution in [0.25, 0.3) is 11.3 Å². The van der Waals surface area contributed by atoms with Gasteiger partial charge in [-0.1, -0.05) is 18.2 Å². The summed E-state index contributed by atoms with van der Waals surface area (Å²) >= 11 is 0. The third-order valence-corrected chi connectivity index (χ3v) is 5.91. The molecule has 2 aliphatic rings. The van der Waals surface area contributed by atoms with E-state index in [0.29, 0.717) is 29.0 Å². The van der Waals surface area contributed by atoms with Crippen LogP contribution in [0.3, 0.4) is 0 Å². The Labute approximate surface area is 168 Å². The van der Waals surface area contributed by atoms with Crippen molar-refractivity contribution in [2.45, 2.75) is 24.9 Å². The van der Waals surface area contributed by atoms with Crippen molar-refractivity contribution >= 4 is 11.8 Å². The molecular weight excluding hydrogens is 368 g/mol. The normalized spacial score (nSPS) is 22.7. The van der Waals surface area contributed by atoms with Crippen molar-refractivity contribution < 1.29 is 14.6 Å². The molecule has 5 rings (SSSR count). The molecule has 3 unspecified atom stereocenters. The number of carboxylic acid groups (broad SMARTS) is 1. The van der Waals surface area contributed by atoms with Gasteiger partial charge in [0.25, 0.3) is 0 Å². The number of carbonyl (C=O) groups is 1. The van der Waals surface area contributed by atoms with Crippen molar-refractivity contribution in [3.05, 3.63) is 60.2 Å². The van der Waals surface area contributed by atoms with Crippen LogP contribution in [-0.4, -0.2) is 33.4 Å². The minimum Gasteiger partial charge on any atom is -0.477 e. The Morgan fingerprint density at radius 1 is 1.10 bits per heavy atom. The van der Waals surface area contributed by atoms with Crippen LogP contribution < -0.4 is 15.8 Å². The van der Waals surface area contributed by atoms with Crippen LogP contribution >= 0.6 is 0 Å². The van der Waals surface area contributed by atoms with Gasteiger partial charge in [0.05, 0.1) is 6.04 Å². The number of aromatic nitrogens is 2. The van der Waals surface area contributed by atoms with E-state index in [1.807, 2.05) is 54.6 Å². The first-order chi connectivity index (χ1) is 14.1. The summed E-state index contributed by atoms with van der Waals surface area (Å²) in [6, 6.07) is 17.4. The molecule has 7 nitrogen and oxygen atoms in total. The molecule has 3 aromatic rings. The van der Waals surface area contributed by atoms with Crippen LogP contribution in [0.5, 0.6) is 11.5 Å². The number of nitrogens with zero attached hydrogens (tertiary/aromatic N) is 2. The molecule has 0 spiro atoms. The average molecular weight is 390 g/mol. The first-order valence-electron chi connectivity index (χ1n) is 9.78. The van der Waals surface area contributed by atoms with E-state index < -0.39 is 5.97 Å². The van der Waals surface area contributed by atoms with Crippen LogP contribution in [-0.2, 0) is 0 Å². The number of nitrogens with two attached hydrogens (primary N) is 1. The Kier molecular flexibility index (Phi) is 4.24. The maximum atomic E-state index is 11.9. The van der Waals surface area contributed by atoms with Crippen LogP contribution in [0.4, 0.5) is 5.82 Å². The number of piperidine rings is 1. The molecule has 2 aromatic carbocycles. The molecule has 3 atom stereocenters. The lowest BCUT2D eigenvalue weighted by atomic mass is 10.0. The highest BCUT2D eigenvalue weighted by atomic mass is 16.5. The van der Waals surface area contributed by atoms with E-state index in [4.69, 9.17) is 10.5 Å². The Balaban J connectivity index is 1.47. The van der Waals surface area contributed by atoms with Crippen molar-refractivity contribution in [3.8, 4) is 22.8 Å². The summed E-state index contributed by atoms with van der Waals surface area (Å²) in [5.74, 6) is 1.02. The summed E-state index contributed by atoms with van der Waals surface area (Å²) in [6.45, 7) is 0.928. The molecule has 1 saturated heterocycles. The van der Waals surface area contributed by atoms with E-state index in [9.17, 15) is 9.90 Å². The number of rotatable bonds is 5. The van der Waals surface area contributed by atoms with E-state index in [-0.39, 0.29) is 17.4 Å². The van der Waals surface area contributed by atoms with E-state index in [2.05, 4.69) is 10.4 Å². The fourth-order valence-corrected chi connectivity index (χ4v) is 4.52. The van der Waals surface area contributed by atoms with Gasteiger partial charge in [0, 0.05) is 18.2 Å². The van der Waals surface area contributed by atoms with E-state index in [0.717, 1.165) is 25.1 Å². The Bertz CT molecular complexity index is 1050. The summed E-state index contributed by atoms with van der Waals surface area (Å²) in [5, 5.41) is 17.9. The zero-order valence-electron chi connectivity index (χ0n) is 15.8. The minimum absolute atomic E-state index is 0.0671. The average Bonchev–Trinajstić information content (AvgIpc) is 3.43. The first-order valence-corrected chi connectivity index (χ1v) is 9.78. The molecule has 4 N–H and O–H groups in total. The molecule has 148 valence electrons. The van der Waals surface area contributed by atoms with Gasteiger partial charge in [-0.3, -0.25) is 0 Å². The highest BCUT2D eigenvalue weighted by molar-refractivity contribution is 5.99. The van der Waals surface area contributed by atoms with Crippen LogP contribution in [0, 0.1) is 5.92 Å². The van der Waals surface area contributed by atoms with Gasteiger partial charge in [-0.25, -0.2) is 9.48 Å². The predicted octanol–water partition coefficient (Wildman–Crippen LogP) is 3.55. The smallest absolute Gasteiger partial charge is 0.341 e. The molecule has 1 aliphatic heterocycles. The first kappa shape index (κ1) is 17.8. The topological polar surface area (TPSA) is 102 Å². The number of hydrogen-bond donors (Lipinski definition) is 3. The number of fused-ring (bicyclic) bond motifs is 2. The Morgan fingerprint density at radius 2 is 1.83 bits per heavy atom. The summed E-state index contributed by atoms with van der Waals surface area (Å²) in [6.07, 6.45) is 2.02. The number of anilines is 1. The van der Waals surface area contributed by atoms with Gasteiger partial charge in [0.15, 0.2) is 0 Å². The third-order valence-electron chi connectivity index (χ3n) is 5.91. The molecule has 1 aromatic heterocycles. The summed E-state index contributed by atoms with van der Waals surface area (Å²) < 4.78 is 7.55. The second-order valence-electron chi connectivity index (χ2n) is 7.70. The molecule has 2 heterocycles. The maximum absolute atomic E-state index is 11.9. The highest BCUT2D eigenvalue weighted by Crippen LogP contribution is 2.42. The molecule has 7 heteroatoms. The van der Waals surface area contributed by atoms with Gasteiger partial charge in [-0.05, 0) is 55.2 Å². The lowest BCUT2D eigenvalue weighted by Crippen LogP contribution is -2.32. The molecular formula is C22H22N4O3. The Hall–Kier alpha value is -3.32. The standard InChI is InChI=1S/C22H22N4O3/c23-21-19(22(27)28)20(25-26(21)18-11-15-10-14(18)12-24-15)13-6-8-17(9-7-13)29-16-4-2-1-3-5-16/h1-9,14-15,18,24H,10-12,23H2,(H,27,28). The fraction of sp³-hybridized carbons (Fsp3) is 0.273. The van der Waals surface area contributed by atoms with Crippen molar-refractivity contribution in [2.24, 2.45) is 5.92 Å². The van der Waals surface area contributed by atoms with Crippen LogP contribution in [0.2, 0.25) is 0 Å². The number of aromatic carboxylic acids is 1. The lowest BCUT2D eigenvalue weighted by Gasteiger charge is -2.23. The molecule has 29 heavy (non-hydrogen) atoms. The number of para-hydroxylation sites is 1. The van der Waals surface area contributed by atoms with Crippen molar-refractivity contribution in [2.75, 3.05) is 12.3 Å². The molecule has 1 aliphatic carbocycles. The molecule has 0 amide bonds. The van der Waals surface area contributed by atoms with E-state index >= 15 is 0 Å². The van der Waals surface area contributed by atoms with Gasteiger partial charge in [0.1, 0.15) is 28.6 Å². The van der Waals surface area contributed by atoms with Crippen molar-refractivity contribution in [3.63, 3.8) is 0 Å². The highest BCUT2D eigenvalue weighted by Gasteiger charge is 2.42. The van der Waals surface area contributed by atoms with Gasteiger partial charge in [0.2, 0.25) is 0 Å². The number of nitrogens with one attached hydrogen (secondary N) is 1. The lowest BCUT2D eigenvalue weighted by molar-refractivity contribution is 0.0698. The number of benzene rings is 2. The van der Waals surface area contributed by atoms with Gasteiger partial charge in [-0.2, -0.15) is 5.10 Å². The zero-order chi connectivity index (χ0) is 20.0. The second kappa shape index (κ2) is 6.93. The van der Waals surface area contributed by atoms with Gasteiger partial charge < -0.3 is 20.9 Å². The quantitative estimate of drug-likeness (QED) is 0.616. The van der Waals surface area contributed by atoms with E-state index in [1.165, 1.54) is 0 Å². The van der Waals surface area contributed by atoms with Gasteiger partial charge in [-0.15, -0.1) is 0 Å². The number of carboxylic acids is 1. The van der Waals surface area contributed by atoms with Crippen molar-refractivity contribution in [1.82, 2.24) is 15.1 Å².